The van der Waals surface area contributed by atoms with E-state index in [1.54, 1.807) is 0 Å². The molecule has 0 aromatic heterocycles. The van der Waals surface area contributed by atoms with Crippen molar-refractivity contribution >= 4 is 22.5 Å². The Morgan fingerprint density at radius 1 is 1.12 bits per heavy atom. The minimum Gasteiger partial charge on any atom is -0.398 e. The Balaban J connectivity index is 2.88. The van der Waals surface area contributed by atoms with Gasteiger partial charge in [-0.3, -0.25) is 0 Å². The zero-order chi connectivity index (χ0) is 11.7. The minimum absolute atomic E-state index is 0.850. The van der Waals surface area contributed by atoms with Crippen LogP contribution in [0.3, 0.4) is 0 Å². The lowest BCUT2D eigenvalue weighted by Gasteiger charge is -2.09. The summed E-state index contributed by atoms with van der Waals surface area (Å²) in [6.07, 6.45) is 2.16. The molecule has 1 heteroatoms. The fourth-order valence-corrected chi connectivity index (χ4v) is 2.06. The molecule has 0 heterocycles. The maximum atomic E-state index is 6.06. The standard InChI is InChI=1S/C15H17N/c1-10(2)9-13-14(16)8-7-12-6-4-5-11(3)15(12)13/h4-9H,16H2,1-3H3. The highest BCUT2D eigenvalue weighted by atomic mass is 14.6. The van der Waals surface area contributed by atoms with Gasteiger partial charge in [-0.15, -0.1) is 0 Å². The third-order valence-corrected chi connectivity index (χ3v) is 2.76. The lowest BCUT2D eigenvalue weighted by Crippen LogP contribution is -1.92. The van der Waals surface area contributed by atoms with Gasteiger partial charge in [0.25, 0.3) is 0 Å². The number of rotatable bonds is 1. The molecule has 0 saturated carbocycles. The minimum atomic E-state index is 0.850. The van der Waals surface area contributed by atoms with E-state index in [-0.39, 0.29) is 0 Å². The quantitative estimate of drug-likeness (QED) is 0.704. The van der Waals surface area contributed by atoms with E-state index >= 15 is 0 Å². The first-order valence-corrected chi connectivity index (χ1v) is 5.52. The van der Waals surface area contributed by atoms with Crippen LogP contribution in [0.4, 0.5) is 5.69 Å². The predicted molar refractivity (Wildman–Crippen MR) is 72.4 cm³/mol. The third-order valence-electron chi connectivity index (χ3n) is 2.76. The molecular formula is C15H17N. The number of nitrogen functional groups attached to an aromatic ring is 1. The van der Waals surface area contributed by atoms with Crippen LogP contribution in [-0.4, -0.2) is 0 Å². The van der Waals surface area contributed by atoms with Gasteiger partial charge in [-0.1, -0.05) is 35.9 Å². The molecule has 0 atom stereocenters. The fourth-order valence-electron chi connectivity index (χ4n) is 2.06. The van der Waals surface area contributed by atoms with Gasteiger partial charge in [-0.25, -0.2) is 0 Å². The molecule has 0 bridgehead atoms. The average Bonchev–Trinajstić information content (AvgIpc) is 2.22. The summed E-state index contributed by atoms with van der Waals surface area (Å²) in [4.78, 5) is 0. The Morgan fingerprint density at radius 3 is 2.56 bits per heavy atom. The molecule has 2 rings (SSSR count). The average molecular weight is 211 g/mol. The highest BCUT2D eigenvalue weighted by molar-refractivity contribution is 5.97. The van der Waals surface area contributed by atoms with Crippen LogP contribution in [-0.2, 0) is 0 Å². The van der Waals surface area contributed by atoms with Gasteiger partial charge in [0.1, 0.15) is 0 Å². The van der Waals surface area contributed by atoms with Crippen molar-refractivity contribution in [1.29, 1.82) is 0 Å². The van der Waals surface area contributed by atoms with Gasteiger partial charge in [-0.2, -0.15) is 0 Å². The highest BCUT2D eigenvalue weighted by Gasteiger charge is 2.05. The van der Waals surface area contributed by atoms with Crippen molar-refractivity contribution in [2.75, 3.05) is 5.73 Å². The molecule has 0 radical (unpaired) electrons. The van der Waals surface area contributed by atoms with Crippen LogP contribution in [0, 0.1) is 6.92 Å². The number of aryl methyl sites for hydroxylation is 1. The summed E-state index contributed by atoms with van der Waals surface area (Å²) in [6, 6.07) is 10.4. The maximum Gasteiger partial charge on any atom is 0.0394 e. The fraction of sp³-hybridized carbons (Fsp3) is 0.200. The number of benzene rings is 2. The van der Waals surface area contributed by atoms with E-state index in [0.717, 1.165) is 11.3 Å². The van der Waals surface area contributed by atoms with Gasteiger partial charge < -0.3 is 5.73 Å². The smallest absolute Gasteiger partial charge is 0.0394 e. The first-order chi connectivity index (χ1) is 7.59. The molecule has 0 amide bonds. The largest absolute Gasteiger partial charge is 0.398 e. The van der Waals surface area contributed by atoms with Crippen LogP contribution in [0.5, 0.6) is 0 Å². The van der Waals surface area contributed by atoms with E-state index in [9.17, 15) is 0 Å². The SMILES string of the molecule is CC(C)=Cc1c(N)ccc2cccc(C)c12. The molecule has 0 unspecified atom stereocenters. The van der Waals surface area contributed by atoms with Crippen molar-refractivity contribution in [3.63, 3.8) is 0 Å². The number of nitrogens with two attached hydrogens (primary N) is 1. The molecule has 2 N–H and O–H groups in total. The topological polar surface area (TPSA) is 26.0 Å². The number of anilines is 1. The summed E-state index contributed by atoms with van der Waals surface area (Å²) in [5.41, 5.74) is 10.6. The first-order valence-electron chi connectivity index (χ1n) is 5.52. The van der Waals surface area contributed by atoms with Crippen LogP contribution in [0.2, 0.25) is 0 Å². The van der Waals surface area contributed by atoms with Gasteiger partial charge in [-0.05, 0) is 43.2 Å². The van der Waals surface area contributed by atoms with Crippen molar-refractivity contribution in [1.82, 2.24) is 0 Å². The number of fused-ring (bicyclic) bond motifs is 1. The first kappa shape index (κ1) is 10.7. The summed E-state index contributed by atoms with van der Waals surface area (Å²) < 4.78 is 0. The summed E-state index contributed by atoms with van der Waals surface area (Å²) in [5, 5.41) is 2.52. The van der Waals surface area contributed by atoms with Crippen molar-refractivity contribution in [2.45, 2.75) is 20.8 Å². The Morgan fingerprint density at radius 2 is 1.88 bits per heavy atom. The van der Waals surface area contributed by atoms with Gasteiger partial charge in [0.2, 0.25) is 0 Å². The van der Waals surface area contributed by atoms with E-state index in [1.807, 2.05) is 6.07 Å². The normalized spacial score (nSPS) is 10.4. The molecule has 0 saturated heterocycles. The van der Waals surface area contributed by atoms with E-state index < -0.39 is 0 Å². The molecule has 2 aromatic rings. The molecule has 1 nitrogen and oxygen atoms in total. The second kappa shape index (κ2) is 4.01. The lowest BCUT2D eigenvalue weighted by molar-refractivity contribution is 1.42. The summed E-state index contributed by atoms with van der Waals surface area (Å²) in [6.45, 7) is 6.32. The zero-order valence-corrected chi connectivity index (χ0v) is 10.0. The maximum absolute atomic E-state index is 6.06. The second-order valence-electron chi connectivity index (χ2n) is 4.46. The highest BCUT2D eigenvalue weighted by Crippen LogP contribution is 2.29. The van der Waals surface area contributed by atoms with E-state index in [1.165, 1.54) is 21.9 Å². The van der Waals surface area contributed by atoms with Gasteiger partial charge in [0.05, 0.1) is 0 Å². The summed E-state index contributed by atoms with van der Waals surface area (Å²) in [5.74, 6) is 0. The van der Waals surface area contributed by atoms with Crippen molar-refractivity contribution in [2.24, 2.45) is 0 Å². The number of hydrogen-bond donors (Lipinski definition) is 1. The van der Waals surface area contributed by atoms with Crippen molar-refractivity contribution in [3.05, 3.63) is 47.0 Å². The summed E-state index contributed by atoms with van der Waals surface area (Å²) in [7, 11) is 0. The van der Waals surface area contributed by atoms with Crippen LogP contribution in [0.25, 0.3) is 16.8 Å². The molecular weight excluding hydrogens is 194 g/mol. The Hall–Kier alpha value is -1.76. The molecule has 0 aliphatic carbocycles. The Kier molecular flexibility index (Phi) is 2.69. The predicted octanol–water partition coefficient (Wildman–Crippen LogP) is 4.15. The number of allylic oxidation sites excluding steroid dienone is 1. The molecule has 0 aliphatic rings. The van der Waals surface area contributed by atoms with E-state index in [2.05, 4.69) is 51.1 Å². The molecule has 0 spiro atoms. The van der Waals surface area contributed by atoms with Crippen LogP contribution >= 0.6 is 0 Å². The Labute approximate surface area is 96.6 Å². The van der Waals surface area contributed by atoms with Gasteiger partial charge in [0.15, 0.2) is 0 Å². The van der Waals surface area contributed by atoms with Gasteiger partial charge >= 0.3 is 0 Å². The summed E-state index contributed by atoms with van der Waals surface area (Å²) >= 11 is 0. The number of hydrogen-bond acceptors (Lipinski definition) is 1. The Bertz CT molecular complexity index is 561. The van der Waals surface area contributed by atoms with Crippen molar-refractivity contribution in [3.8, 4) is 0 Å². The van der Waals surface area contributed by atoms with Crippen LogP contribution in [0.1, 0.15) is 25.0 Å². The third kappa shape index (κ3) is 1.81. The second-order valence-corrected chi connectivity index (χ2v) is 4.46. The van der Waals surface area contributed by atoms with E-state index in [4.69, 9.17) is 5.73 Å². The molecule has 82 valence electrons. The lowest BCUT2D eigenvalue weighted by atomic mass is 9.97. The molecule has 2 aromatic carbocycles. The van der Waals surface area contributed by atoms with Crippen LogP contribution < -0.4 is 5.73 Å². The van der Waals surface area contributed by atoms with Crippen molar-refractivity contribution < 1.29 is 0 Å². The van der Waals surface area contributed by atoms with Crippen LogP contribution in [0.15, 0.2) is 35.9 Å². The monoisotopic (exact) mass is 211 g/mol. The molecule has 0 aliphatic heterocycles. The van der Waals surface area contributed by atoms with Gasteiger partial charge in [0, 0.05) is 11.3 Å². The zero-order valence-electron chi connectivity index (χ0n) is 10.0. The molecule has 16 heavy (non-hydrogen) atoms. The van der Waals surface area contributed by atoms with E-state index in [0.29, 0.717) is 0 Å². The molecule has 0 fully saturated rings.